The fraction of sp³-hybridized carbons (Fsp3) is 0.300. The molecule has 1 atom stereocenters. The number of benzene rings is 1. The molecule has 4 heteroatoms. The van der Waals surface area contributed by atoms with E-state index in [1.807, 2.05) is 12.1 Å². The molecule has 0 fully saturated rings. The first-order valence-corrected chi connectivity index (χ1v) is 5.43. The molecule has 0 amide bonds. The lowest BCUT2D eigenvalue weighted by Crippen LogP contribution is -2.22. The zero-order valence-electron chi connectivity index (χ0n) is 7.46. The van der Waals surface area contributed by atoms with Gasteiger partial charge in [-0.3, -0.25) is 0 Å². The molecule has 0 spiro atoms. The van der Waals surface area contributed by atoms with E-state index in [2.05, 4.69) is 28.7 Å². The molecule has 0 radical (unpaired) electrons. The summed E-state index contributed by atoms with van der Waals surface area (Å²) in [7, 11) is 0. The number of hydrogen-bond donors (Lipinski definition) is 1. The van der Waals surface area contributed by atoms with Gasteiger partial charge in [0, 0.05) is 21.6 Å². The van der Waals surface area contributed by atoms with E-state index in [0.717, 1.165) is 21.3 Å². The smallest absolute Gasteiger partial charge is 0.125 e. The van der Waals surface area contributed by atoms with Gasteiger partial charge in [-0.1, -0.05) is 0 Å². The van der Waals surface area contributed by atoms with E-state index in [1.54, 1.807) is 0 Å². The average molecular weight is 300 g/mol. The second-order valence-corrected chi connectivity index (χ2v) is 4.35. The maximum atomic E-state index is 9.03. The quantitative estimate of drug-likeness (QED) is 0.745. The summed E-state index contributed by atoms with van der Waals surface area (Å²) >= 11 is 2.14. The van der Waals surface area contributed by atoms with Crippen LogP contribution in [0.4, 0.5) is 0 Å². The van der Waals surface area contributed by atoms with Crippen LogP contribution < -0.4 is 10.5 Å². The molecule has 2 N–H and O–H groups in total. The fourth-order valence-corrected chi connectivity index (χ4v) is 2.21. The van der Waals surface area contributed by atoms with E-state index < -0.39 is 0 Å². The minimum Gasteiger partial charge on any atom is -0.493 e. The number of hydrogen-bond acceptors (Lipinski definition) is 3. The van der Waals surface area contributed by atoms with Crippen molar-refractivity contribution in [3.8, 4) is 11.8 Å². The van der Waals surface area contributed by atoms with Crippen LogP contribution in [0.2, 0.25) is 0 Å². The Morgan fingerprint density at radius 3 is 3.07 bits per heavy atom. The van der Waals surface area contributed by atoms with Crippen molar-refractivity contribution in [3.63, 3.8) is 0 Å². The third-order valence-corrected chi connectivity index (χ3v) is 3.22. The molecule has 0 aromatic heterocycles. The van der Waals surface area contributed by atoms with Crippen LogP contribution in [0.3, 0.4) is 0 Å². The standard InChI is InChI=1S/C10H9IN2O/c11-7-1-2-9-10(6(7)5-12)8(13)3-4-14-9/h1-2,8H,3-4,13H2/t8-/m1/s1. The highest BCUT2D eigenvalue weighted by Gasteiger charge is 2.22. The Morgan fingerprint density at radius 2 is 2.36 bits per heavy atom. The lowest BCUT2D eigenvalue weighted by molar-refractivity contribution is 0.268. The molecule has 2 rings (SSSR count). The Labute approximate surface area is 96.0 Å². The number of rotatable bonds is 0. The molecule has 0 unspecified atom stereocenters. The lowest BCUT2D eigenvalue weighted by Gasteiger charge is -2.24. The molecule has 0 saturated carbocycles. The molecule has 1 aromatic carbocycles. The van der Waals surface area contributed by atoms with Crippen molar-refractivity contribution in [2.24, 2.45) is 5.73 Å². The topological polar surface area (TPSA) is 59.0 Å². The van der Waals surface area contributed by atoms with Gasteiger partial charge in [-0.15, -0.1) is 0 Å². The molecule has 0 bridgehead atoms. The number of halogens is 1. The van der Waals surface area contributed by atoms with Crippen molar-refractivity contribution < 1.29 is 4.74 Å². The van der Waals surface area contributed by atoms with Gasteiger partial charge in [-0.05, 0) is 34.7 Å². The summed E-state index contributed by atoms with van der Waals surface area (Å²) in [6.45, 7) is 0.639. The molecule has 0 saturated heterocycles. The van der Waals surface area contributed by atoms with Crippen LogP contribution in [0, 0.1) is 14.9 Å². The molecular formula is C10H9IN2O. The van der Waals surface area contributed by atoms with E-state index in [1.165, 1.54) is 0 Å². The van der Waals surface area contributed by atoms with Crippen molar-refractivity contribution in [1.29, 1.82) is 5.26 Å². The molecular weight excluding hydrogens is 291 g/mol. The van der Waals surface area contributed by atoms with E-state index in [0.29, 0.717) is 12.2 Å². The van der Waals surface area contributed by atoms with E-state index >= 15 is 0 Å². The summed E-state index contributed by atoms with van der Waals surface area (Å²) in [6, 6.07) is 5.89. The first-order chi connectivity index (χ1) is 6.74. The zero-order valence-corrected chi connectivity index (χ0v) is 9.61. The number of nitrogens with two attached hydrogens (primary N) is 1. The van der Waals surface area contributed by atoms with E-state index in [9.17, 15) is 0 Å². The van der Waals surface area contributed by atoms with Crippen molar-refractivity contribution >= 4 is 22.6 Å². The minimum atomic E-state index is -0.0666. The highest BCUT2D eigenvalue weighted by molar-refractivity contribution is 14.1. The van der Waals surface area contributed by atoms with Crippen LogP contribution in [0.15, 0.2) is 12.1 Å². The van der Waals surface area contributed by atoms with Crippen molar-refractivity contribution in [2.75, 3.05) is 6.61 Å². The van der Waals surface area contributed by atoms with Gasteiger partial charge in [-0.2, -0.15) is 5.26 Å². The predicted octanol–water partition coefficient (Wildman–Crippen LogP) is 1.95. The van der Waals surface area contributed by atoms with Crippen LogP contribution >= 0.6 is 22.6 Å². The number of nitrogens with zero attached hydrogens (tertiary/aromatic N) is 1. The number of fused-ring (bicyclic) bond motifs is 1. The first kappa shape index (κ1) is 9.74. The van der Waals surface area contributed by atoms with Crippen molar-refractivity contribution in [1.82, 2.24) is 0 Å². The minimum absolute atomic E-state index is 0.0666. The fourth-order valence-electron chi connectivity index (χ4n) is 1.62. The molecule has 0 aliphatic carbocycles. The highest BCUT2D eigenvalue weighted by atomic mass is 127. The second kappa shape index (κ2) is 3.75. The monoisotopic (exact) mass is 300 g/mol. The van der Waals surface area contributed by atoms with Crippen LogP contribution in [0.1, 0.15) is 23.6 Å². The van der Waals surface area contributed by atoms with Crippen LogP contribution in [0.25, 0.3) is 0 Å². The van der Waals surface area contributed by atoms with Crippen LogP contribution in [-0.2, 0) is 0 Å². The molecule has 1 heterocycles. The van der Waals surface area contributed by atoms with Gasteiger partial charge in [0.25, 0.3) is 0 Å². The Balaban J connectivity index is 2.65. The van der Waals surface area contributed by atoms with Gasteiger partial charge in [-0.25, -0.2) is 0 Å². The van der Waals surface area contributed by atoms with Gasteiger partial charge < -0.3 is 10.5 Å². The second-order valence-electron chi connectivity index (χ2n) is 3.19. The molecule has 1 aliphatic rings. The highest BCUT2D eigenvalue weighted by Crippen LogP contribution is 2.35. The summed E-state index contributed by atoms with van der Waals surface area (Å²) in [5.41, 5.74) is 7.49. The summed E-state index contributed by atoms with van der Waals surface area (Å²) in [4.78, 5) is 0. The Hall–Kier alpha value is -0.800. The van der Waals surface area contributed by atoms with E-state index in [4.69, 9.17) is 15.7 Å². The third-order valence-electron chi connectivity index (χ3n) is 2.32. The Kier molecular flexibility index (Phi) is 2.61. The van der Waals surface area contributed by atoms with Crippen molar-refractivity contribution in [3.05, 3.63) is 26.8 Å². The summed E-state index contributed by atoms with van der Waals surface area (Å²) < 4.78 is 6.39. The number of nitriles is 1. The van der Waals surface area contributed by atoms with E-state index in [-0.39, 0.29) is 6.04 Å². The zero-order chi connectivity index (χ0) is 10.1. The van der Waals surface area contributed by atoms with Crippen LogP contribution in [0.5, 0.6) is 5.75 Å². The maximum absolute atomic E-state index is 9.03. The number of ether oxygens (including phenoxy) is 1. The average Bonchev–Trinajstić information content (AvgIpc) is 2.19. The Morgan fingerprint density at radius 1 is 1.57 bits per heavy atom. The van der Waals surface area contributed by atoms with Crippen LogP contribution in [-0.4, -0.2) is 6.61 Å². The third kappa shape index (κ3) is 1.47. The molecule has 1 aliphatic heterocycles. The van der Waals surface area contributed by atoms with Gasteiger partial charge in [0.05, 0.1) is 12.2 Å². The normalized spacial score (nSPS) is 19.4. The van der Waals surface area contributed by atoms with Gasteiger partial charge in [0.2, 0.25) is 0 Å². The van der Waals surface area contributed by atoms with Gasteiger partial charge in [0.1, 0.15) is 11.8 Å². The summed E-state index contributed by atoms with van der Waals surface area (Å²) in [5, 5.41) is 9.03. The van der Waals surface area contributed by atoms with Crippen molar-refractivity contribution in [2.45, 2.75) is 12.5 Å². The molecule has 1 aromatic rings. The molecule has 14 heavy (non-hydrogen) atoms. The van der Waals surface area contributed by atoms with Gasteiger partial charge in [0.15, 0.2) is 0 Å². The molecule has 3 nitrogen and oxygen atoms in total. The Bertz CT molecular complexity index is 411. The molecule has 72 valence electrons. The SMILES string of the molecule is N#Cc1c(I)ccc2c1[C@H](N)CCO2. The maximum Gasteiger partial charge on any atom is 0.125 e. The largest absolute Gasteiger partial charge is 0.493 e. The lowest BCUT2D eigenvalue weighted by atomic mass is 9.96. The first-order valence-electron chi connectivity index (χ1n) is 4.35. The predicted molar refractivity (Wildman–Crippen MR) is 60.9 cm³/mol. The van der Waals surface area contributed by atoms with Gasteiger partial charge >= 0.3 is 0 Å². The summed E-state index contributed by atoms with van der Waals surface area (Å²) in [5.74, 6) is 0.765. The summed E-state index contributed by atoms with van der Waals surface area (Å²) in [6.07, 6.45) is 0.780.